The Morgan fingerprint density at radius 3 is 2.67 bits per heavy atom. The number of nitrogens with one attached hydrogen (secondary N) is 2. The smallest absolute Gasteiger partial charge is 0.257 e. The number of benzene rings is 2. The van der Waals surface area contributed by atoms with Crippen LogP contribution >= 0.6 is 11.6 Å². The monoisotopic (exact) mass is 302 g/mol. The van der Waals surface area contributed by atoms with Crippen molar-refractivity contribution < 1.29 is 4.79 Å². The normalized spacial score (nSPS) is 10.4. The Kier molecular flexibility index (Phi) is 5.37. The molecule has 0 aliphatic heterocycles. The van der Waals surface area contributed by atoms with Crippen molar-refractivity contribution in [2.24, 2.45) is 0 Å². The van der Waals surface area contributed by atoms with Crippen LogP contribution in [0.1, 0.15) is 28.4 Å². The summed E-state index contributed by atoms with van der Waals surface area (Å²) in [6, 6.07) is 13.2. The van der Waals surface area contributed by atoms with E-state index in [1.54, 1.807) is 12.1 Å². The fraction of sp³-hybridized carbons (Fsp3) is 0.235. The van der Waals surface area contributed by atoms with E-state index in [0.717, 1.165) is 23.4 Å². The van der Waals surface area contributed by atoms with Crippen LogP contribution in [0.2, 0.25) is 5.02 Å². The van der Waals surface area contributed by atoms with Gasteiger partial charge in [0.1, 0.15) is 0 Å². The molecule has 1 amide bonds. The molecule has 3 nitrogen and oxygen atoms in total. The van der Waals surface area contributed by atoms with Crippen LogP contribution in [0.5, 0.6) is 0 Å². The summed E-state index contributed by atoms with van der Waals surface area (Å²) in [4.78, 5) is 12.4. The van der Waals surface area contributed by atoms with Crippen molar-refractivity contribution in [3.05, 3.63) is 64.2 Å². The highest BCUT2D eigenvalue weighted by Crippen LogP contribution is 2.21. The van der Waals surface area contributed by atoms with E-state index in [1.807, 2.05) is 44.2 Å². The summed E-state index contributed by atoms with van der Waals surface area (Å²) in [6.45, 7) is 5.59. The molecule has 2 rings (SSSR count). The zero-order chi connectivity index (χ0) is 15.2. The van der Waals surface area contributed by atoms with E-state index in [1.165, 1.54) is 0 Å². The predicted molar refractivity (Wildman–Crippen MR) is 88.0 cm³/mol. The van der Waals surface area contributed by atoms with Gasteiger partial charge in [-0.25, -0.2) is 0 Å². The molecule has 110 valence electrons. The Labute approximate surface area is 130 Å². The third kappa shape index (κ3) is 4.06. The number of aryl methyl sites for hydroxylation is 1. The molecular weight excluding hydrogens is 284 g/mol. The van der Waals surface area contributed by atoms with Gasteiger partial charge in [0.25, 0.3) is 5.91 Å². The Morgan fingerprint density at radius 2 is 1.95 bits per heavy atom. The van der Waals surface area contributed by atoms with Gasteiger partial charge < -0.3 is 10.6 Å². The summed E-state index contributed by atoms with van der Waals surface area (Å²) >= 11 is 6.14. The van der Waals surface area contributed by atoms with E-state index >= 15 is 0 Å². The van der Waals surface area contributed by atoms with Gasteiger partial charge in [0.15, 0.2) is 0 Å². The summed E-state index contributed by atoms with van der Waals surface area (Å²) in [7, 11) is 0. The molecule has 2 aromatic carbocycles. The van der Waals surface area contributed by atoms with Crippen LogP contribution in [-0.4, -0.2) is 12.5 Å². The predicted octanol–water partition coefficient (Wildman–Crippen LogP) is 4.01. The number of para-hydroxylation sites is 1. The maximum Gasteiger partial charge on any atom is 0.257 e. The minimum Gasteiger partial charge on any atom is -0.322 e. The minimum absolute atomic E-state index is 0.191. The summed E-state index contributed by atoms with van der Waals surface area (Å²) < 4.78 is 0. The third-order valence-corrected chi connectivity index (χ3v) is 3.51. The topological polar surface area (TPSA) is 41.1 Å². The molecule has 0 saturated carbocycles. The summed E-state index contributed by atoms with van der Waals surface area (Å²) in [6.07, 6.45) is 0. The second kappa shape index (κ2) is 7.25. The maximum absolute atomic E-state index is 12.4. The van der Waals surface area contributed by atoms with Crippen LogP contribution < -0.4 is 10.6 Å². The van der Waals surface area contributed by atoms with Gasteiger partial charge >= 0.3 is 0 Å². The molecule has 0 spiro atoms. The average Bonchev–Trinajstić information content (AvgIpc) is 2.46. The molecule has 2 N–H and O–H groups in total. The molecule has 0 bridgehead atoms. The van der Waals surface area contributed by atoms with E-state index in [4.69, 9.17) is 11.6 Å². The maximum atomic E-state index is 12.4. The molecule has 0 aliphatic rings. The van der Waals surface area contributed by atoms with Crippen molar-refractivity contribution in [1.82, 2.24) is 5.32 Å². The second-order valence-corrected chi connectivity index (χ2v) is 5.28. The van der Waals surface area contributed by atoms with Crippen LogP contribution in [-0.2, 0) is 6.54 Å². The minimum atomic E-state index is -0.191. The number of halogens is 1. The van der Waals surface area contributed by atoms with Crippen molar-refractivity contribution in [3.8, 4) is 0 Å². The number of rotatable bonds is 5. The molecule has 21 heavy (non-hydrogen) atoms. The zero-order valence-corrected chi connectivity index (χ0v) is 13.0. The number of carbonyl (C=O) groups excluding carboxylic acids is 1. The van der Waals surface area contributed by atoms with E-state index in [0.29, 0.717) is 17.1 Å². The number of hydrogen-bond acceptors (Lipinski definition) is 2. The molecule has 0 unspecified atom stereocenters. The number of amides is 1. The van der Waals surface area contributed by atoms with Crippen LogP contribution in [0, 0.1) is 6.92 Å². The summed E-state index contributed by atoms with van der Waals surface area (Å²) in [5, 5.41) is 6.66. The Hall–Kier alpha value is -1.84. The summed E-state index contributed by atoms with van der Waals surface area (Å²) in [5.74, 6) is -0.191. The molecule has 0 heterocycles. The fourth-order valence-corrected chi connectivity index (χ4v) is 2.37. The van der Waals surface area contributed by atoms with E-state index < -0.39 is 0 Å². The lowest BCUT2D eigenvalue weighted by Gasteiger charge is -2.12. The lowest BCUT2D eigenvalue weighted by atomic mass is 10.1. The quantitative estimate of drug-likeness (QED) is 0.876. The van der Waals surface area contributed by atoms with Crippen molar-refractivity contribution in [2.45, 2.75) is 20.4 Å². The lowest BCUT2D eigenvalue weighted by Crippen LogP contribution is -2.17. The van der Waals surface area contributed by atoms with E-state index in [9.17, 15) is 4.79 Å². The van der Waals surface area contributed by atoms with Crippen molar-refractivity contribution >= 4 is 23.2 Å². The zero-order valence-electron chi connectivity index (χ0n) is 12.2. The highest BCUT2D eigenvalue weighted by Gasteiger charge is 2.12. The molecule has 0 radical (unpaired) electrons. The standard InChI is InChI=1S/C17H19ClN2O/c1-3-19-11-13-6-4-5-7-16(13)20-17(21)14-9-8-12(2)10-15(14)18/h4-10,19H,3,11H2,1-2H3,(H,20,21). The Balaban J connectivity index is 2.19. The molecule has 0 atom stereocenters. The molecule has 0 aromatic heterocycles. The van der Waals surface area contributed by atoms with Crippen molar-refractivity contribution in [2.75, 3.05) is 11.9 Å². The number of carbonyl (C=O) groups is 1. The molecule has 2 aromatic rings. The van der Waals surface area contributed by atoms with Gasteiger partial charge in [-0.15, -0.1) is 0 Å². The van der Waals surface area contributed by atoms with Crippen LogP contribution in [0.15, 0.2) is 42.5 Å². The SMILES string of the molecule is CCNCc1ccccc1NC(=O)c1ccc(C)cc1Cl. The van der Waals surface area contributed by atoms with Gasteiger partial charge in [0.2, 0.25) is 0 Å². The first-order valence-corrected chi connectivity index (χ1v) is 7.35. The molecular formula is C17H19ClN2O. The number of anilines is 1. The van der Waals surface area contributed by atoms with E-state index in [2.05, 4.69) is 10.6 Å². The van der Waals surface area contributed by atoms with Gasteiger partial charge in [-0.3, -0.25) is 4.79 Å². The highest BCUT2D eigenvalue weighted by molar-refractivity contribution is 6.34. The van der Waals surface area contributed by atoms with Crippen LogP contribution in [0.4, 0.5) is 5.69 Å². The number of hydrogen-bond donors (Lipinski definition) is 2. The highest BCUT2D eigenvalue weighted by atomic mass is 35.5. The lowest BCUT2D eigenvalue weighted by molar-refractivity contribution is 0.102. The van der Waals surface area contributed by atoms with Crippen molar-refractivity contribution in [3.63, 3.8) is 0 Å². The molecule has 0 fully saturated rings. The van der Waals surface area contributed by atoms with Gasteiger partial charge in [0, 0.05) is 12.2 Å². The van der Waals surface area contributed by atoms with Gasteiger partial charge in [-0.1, -0.05) is 42.8 Å². The second-order valence-electron chi connectivity index (χ2n) is 4.87. The van der Waals surface area contributed by atoms with Gasteiger partial charge in [-0.05, 0) is 42.8 Å². The largest absolute Gasteiger partial charge is 0.322 e. The molecule has 4 heteroatoms. The van der Waals surface area contributed by atoms with Gasteiger partial charge in [-0.2, -0.15) is 0 Å². The van der Waals surface area contributed by atoms with Gasteiger partial charge in [0.05, 0.1) is 10.6 Å². The van der Waals surface area contributed by atoms with E-state index in [-0.39, 0.29) is 5.91 Å². The Morgan fingerprint density at radius 1 is 1.19 bits per heavy atom. The molecule has 0 saturated heterocycles. The van der Waals surface area contributed by atoms with Crippen molar-refractivity contribution in [1.29, 1.82) is 0 Å². The van der Waals surface area contributed by atoms with Crippen LogP contribution in [0.25, 0.3) is 0 Å². The average molecular weight is 303 g/mol. The first kappa shape index (κ1) is 15.5. The third-order valence-electron chi connectivity index (χ3n) is 3.20. The Bertz CT molecular complexity index is 640. The molecule has 0 aliphatic carbocycles. The first-order chi connectivity index (χ1) is 10.1. The van der Waals surface area contributed by atoms with Crippen LogP contribution in [0.3, 0.4) is 0 Å². The fourth-order valence-electron chi connectivity index (χ4n) is 2.05. The first-order valence-electron chi connectivity index (χ1n) is 6.98. The summed E-state index contributed by atoms with van der Waals surface area (Å²) in [5.41, 5.74) is 3.38.